The average molecular weight is 413 g/mol. The molecule has 9 heteroatoms. The number of piperazine rings is 1. The summed E-state index contributed by atoms with van der Waals surface area (Å²) >= 11 is 0. The van der Waals surface area contributed by atoms with Crippen molar-refractivity contribution < 1.29 is 8.42 Å². The minimum absolute atomic E-state index is 0.146. The van der Waals surface area contributed by atoms with Crippen LogP contribution in [0, 0.1) is 0 Å². The van der Waals surface area contributed by atoms with Gasteiger partial charge in [-0.25, -0.2) is 8.42 Å². The van der Waals surface area contributed by atoms with E-state index in [9.17, 15) is 8.42 Å². The van der Waals surface area contributed by atoms with Gasteiger partial charge < -0.3 is 4.90 Å². The van der Waals surface area contributed by atoms with Gasteiger partial charge in [-0.3, -0.25) is 0 Å². The van der Waals surface area contributed by atoms with Crippen LogP contribution in [0.3, 0.4) is 0 Å². The van der Waals surface area contributed by atoms with Crippen LogP contribution in [0.1, 0.15) is 30.1 Å². The van der Waals surface area contributed by atoms with Gasteiger partial charge in [-0.05, 0) is 37.0 Å². The lowest BCUT2D eigenvalue weighted by molar-refractivity contribution is 0.383. The van der Waals surface area contributed by atoms with Gasteiger partial charge in [0.15, 0.2) is 11.5 Å². The molecule has 0 bridgehead atoms. The Bertz CT molecular complexity index is 1100. The first-order valence-electron chi connectivity index (χ1n) is 10.1. The predicted molar refractivity (Wildman–Crippen MR) is 110 cm³/mol. The molecule has 29 heavy (non-hydrogen) atoms. The Morgan fingerprint density at radius 3 is 2.41 bits per heavy atom. The number of hydrogen-bond donors (Lipinski definition) is 0. The Hall–Kier alpha value is -2.52. The quantitative estimate of drug-likeness (QED) is 0.613. The number of sulfonamides is 1. The summed E-state index contributed by atoms with van der Waals surface area (Å²) in [6.45, 7) is 2.22. The van der Waals surface area contributed by atoms with E-state index in [4.69, 9.17) is 5.10 Å². The van der Waals surface area contributed by atoms with Gasteiger partial charge in [0.1, 0.15) is 5.82 Å². The van der Waals surface area contributed by atoms with Crippen LogP contribution < -0.4 is 4.90 Å². The highest BCUT2D eigenvalue weighted by molar-refractivity contribution is 7.89. The van der Waals surface area contributed by atoms with Gasteiger partial charge >= 0.3 is 0 Å². The smallest absolute Gasteiger partial charge is 0.214 e. The van der Waals surface area contributed by atoms with Gasteiger partial charge in [-0.15, -0.1) is 15.3 Å². The second-order valence-electron chi connectivity index (χ2n) is 7.73. The van der Waals surface area contributed by atoms with Gasteiger partial charge in [-0.2, -0.15) is 8.82 Å². The van der Waals surface area contributed by atoms with Gasteiger partial charge in [0, 0.05) is 32.1 Å². The van der Waals surface area contributed by atoms with Crippen molar-refractivity contribution in [3.63, 3.8) is 0 Å². The third-order valence-corrected chi connectivity index (χ3v) is 7.53. The van der Waals surface area contributed by atoms with Crippen LogP contribution >= 0.6 is 0 Å². The minimum atomic E-state index is -3.26. The first-order chi connectivity index (χ1) is 14.1. The summed E-state index contributed by atoms with van der Waals surface area (Å²) in [6.07, 6.45) is 2.83. The van der Waals surface area contributed by atoms with Crippen molar-refractivity contribution in [3.8, 4) is 0 Å². The van der Waals surface area contributed by atoms with Crippen molar-refractivity contribution in [3.05, 3.63) is 53.9 Å². The molecule has 0 spiro atoms. The fourth-order valence-electron chi connectivity index (χ4n) is 3.78. The Morgan fingerprint density at radius 2 is 1.69 bits per heavy atom. The molecule has 1 saturated heterocycles. The summed E-state index contributed by atoms with van der Waals surface area (Å²) in [6, 6.07) is 13.6. The van der Waals surface area contributed by atoms with Gasteiger partial charge in [-0.1, -0.05) is 30.3 Å². The van der Waals surface area contributed by atoms with E-state index in [1.807, 2.05) is 47.0 Å². The number of nitrogens with zero attached hydrogens (tertiary/aromatic N) is 6. The predicted octanol–water partition coefficient (Wildman–Crippen LogP) is 1.70. The zero-order valence-corrected chi connectivity index (χ0v) is 17.0. The molecule has 0 N–H and O–H groups in total. The van der Waals surface area contributed by atoms with E-state index in [-0.39, 0.29) is 5.75 Å². The molecular formula is C20H24N6O2S. The molecule has 1 aliphatic heterocycles. The normalized spacial score (nSPS) is 18.4. The van der Waals surface area contributed by atoms with Gasteiger partial charge in [0.2, 0.25) is 10.0 Å². The number of benzene rings is 1. The third kappa shape index (κ3) is 3.84. The molecule has 152 valence electrons. The van der Waals surface area contributed by atoms with Crippen LogP contribution in [0.4, 0.5) is 5.82 Å². The van der Waals surface area contributed by atoms with E-state index < -0.39 is 10.0 Å². The van der Waals surface area contributed by atoms with Crippen LogP contribution in [-0.4, -0.2) is 64.5 Å². The highest BCUT2D eigenvalue weighted by Gasteiger charge is 2.30. The van der Waals surface area contributed by atoms with E-state index in [0.717, 1.165) is 35.7 Å². The van der Waals surface area contributed by atoms with Crippen molar-refractivity contribution in [2.24, 2.45) is 0 Å². The summed E-state index contributed by atoms with van der Waals surface area (Å²) in [4.78, 5) is 2.14. The Balaban J connectivity index is 1.24. The maximum Gasteiger partial charge on any atom is 0.214 e. The highest BCUT2D eigenvalue weighted by atomic mass is 32.2. The molecule has 3 aromatic rings. The van der Waals surface area contributed by atoms with Crippen LogP contribution in [0.5, 0.6) is 0 Å². The lowest BCUT2D eigenvalue weighted by Crippen LogP contribution is -2.49. The maximum atomic E-state index is 12.7. The van der Waals surface area contributed by atoms with Crippen LogP contribution in [-0.2, 0) is 16.4 Å². The molecule has 1 aromatic carbocycles. The molecule has 3 heterocycles. The second-order valence-corrected chi connectivity index (χ2v) is 9.82. The fourth-order valence-corrected chi connectivity index (χ4v) is 5.25. The standard InChI is InChI=1S/C20H24N6O2S/c27-29(28,15-10-16-4-2-1-3-5-16)25-13-11-24(12-14-25)19-9-8-18-21-22-20(17-6-7-17)26(18)23-19/h1-5,8-9,17H,6-7,10-15H2. The molecule has 2 aromatic heterocycles. The lowest BCUT2D eigenvalue weighted by atomic mass is 10.2. The van der Waals surface area contributed by atoms with E-state index >= 15 is 0 Å². The van der Waals surface area contributed by atoms with E-state index in [2.05, 4.69) is 15.1 Å². The molecule has 1 saturated carbocycles. The molecule has 0 atom stereocenters. The summed E-state index contributed by atoms with van der Waals surface area (Å²) in [5.41, 5.74) is 1.81. The zero-order chi connectivity index (χ0) is 19.8. The van der Waals surface area contributed by atoms with E-state index in [1.165, 1.54) is 0 Å². The first kappa shape index (κ1) is 18.5. The SMILES string of the molecule is O=S(=O)(CCc1ccccc1)N1CCN(c2ccc3nnc(C4CC4)n3n2)CC1. The molecular weight excluding hydrogens is 388 g/mol. The van der Waals surface area contributed by atoms with Gasteiger partial charge in [0.05, 0.1) is 5.75 Å². The Labute approximate surface area is 170 Å². The number of aryl methyl sites for hydroxylation is 1. The molecule has 2 fully saturated rings. The number of anilines is 1. The summed E-state index contributed by atoms with van der Waals surface area (Å²) in [5, 5.41) is 13.2. The van der Waals surface area contributed by atoms with Crippen molar-refractivity contribution in [2.45, 2.75) is 25.2 Å². The largest absolute Gasteiger partial charge is 0.353 e. The number of fused-ring (bicyclic) bond motifs is 1. The number of hydrogen-bond acceptors (Lipinski definition) is 6. The Morgan fingerprint density at radius 1 is 0.931 bits per heavy atom. The van der Waals surface area contributed by atoms with Crippen LogP contribution in [0.25, 0.3) is 5.65 Å². The molecule has 1 aliphatic carbocycles. The van der Waals surface area contributed by atoms with E-state index in [0.29, 0.717) is 38.5 Å². The van der Waals surface area contributed by atoms with Crippen LogP contribution in [0.15, 0.2) is 42.5 Å². The number of rotatable bonds is 6. The fraction of sp³-hybridized carbons (Fsp3) is 0.450. The maximum absolute atomic E-state index is 12.7. The van der Waals surface area contributed by atoms with Crippen molar-refractivity contribution >= 4 is 21.5 Å². The summed E-state index contributed by atoms with van der Waals surface area (Å²) in [5.74, 6) is 2.40. The first-order valence-corrected chi connectivity index (χ1v) is 11.7. The van der Waals surface area contributed by atoms with Crippen molar-refractivity contribution in [1.82, 2.24) is 24.1 Å². The number of aromatic nitrogens is 4. The average Bonchev–Trinajstić information content (AvgIpc) is 3.52. The molecule has 2 aliphatic rings. The lowest BCUT2D eigenvalue weighted by Gasteiger charge is -2.34. The summed E-state index contributed by atoms with van der Waals surface area (Å²) in [7, 11) is -3.26. The molecule has 0 unspecified atom stereocenters. The highest BCUT2D eigenvalue weighted by Crippen LogP contribution is 2.38. The zero-order valence-electron chi connectivity index (χ0n) is 16.2. The molecule has 0 amide bonds. The van der Waals surface area contributed by atoms with Crippen LogP contribution in [0.2, 0.25) is 0 Å². The second kappa shape index (κ2) is 7.38. The van der Waals surface area contributed by atoms with Crippen molar-refractivity contribution in [2.75, 3.05) is 36.8 Å². The minimum Gasteiger partial charge on any atom is -0.353 e. The Kier molecular flexibility index (Phi) is 4.71. The third-order valence-electron chi connectivity index (χ3n) is 5.66. The monoisotopic (exact) mass is 412 g/mol. The molecule has 5 rings (SSSR count). The molecule has 0 radical (unpaired) electrons. The summed E-state index contributed by atoms with van der Waals surface area (Å²) < 4.78 is 28.9. The van der Waals surface area contributed by atoms with Crippen molar-refractivity contribution in [1.29, 1.82) is 0 Å². The van der Waals surface area contributed by atoms with E-state index in [1.54, 1.807) is 4.31 Å². The topological polar surface area (TPSA) is 83.7 Å². The molecule has 8 nitrogen and oxygen atoms in total. The van der Waals surface area contributed by atoms with Gasteiger partial charge in [0.25, 0.3) is 0 Å².